The molecule has 0 aliphatic heterocycles. The molecule has 1 spiro atoms. The van der Waals surface area contributed by atoms with E-state index in [1.807, 2.05) is 0 Å². The van der Waals surface area contributed by atoms with Gasteiger partial charge in [0, 0.05) is 0 Å². The summed E-state index contributed by atoms with van der Waals surface area (Å²) in [5.41, 5.74) is 2.54. The second kappa shape index (κ2) is 1.76. The summed E-state index contributed by atoms with van der Waals surface area (Å²) >= 11 is 0. The monoisotopic (exact) mass is 145 g/mol. The van der Waals surface area contributed by atoms with Crippen LogP contribution in [-0.2, 0) is 0 Å². The Kier molecular flexibility index (Phi) is 1.07. The van der Waals surface area contributed by atoms with E-state index < -0.39 is 0 Å². The lowest BCUT2D eigenvalue weighted by Gasteiger charge is -2.05. The zero-order chi connectivity index (χ0) is 8.06. The predicted molar refractivity (Wildman–Crippen MR) is 43.7 cm³/mol. The topological polar surface area (TPSA) is 23.8 Å². The van der Waals surface area contributed by atoms with Crippen LogP contribution < -0.4 is 0 Å². The molecule has 2 aliphatic rings. The van der Waals surface area contributed by atoms with E-state index in [0.29, 0.717) is 5.41 Å². The molecular formula is C10H11N. The minimum atomic E-state index is -0.0440. The van der Waals surface area contributed by atoms with Gasteiger partial charge in [-0.3, -0.25) is 0 Å². The summed E-state index contributed by atoms with van der Waals surface area (Å²) in [6.45, 7) is 7.90. The van der Waals surface area contributed by atoms with Crippen molar-refractivity contribution >= 4 is 0 Å². The van der Waals surface area contributed by atoms with Crippen LogP contribution in [-0.4, -0.2) is 0 Å². The molecule has 0 heterocycles. The quantitative estimate of drug-likeness (QED) is 0.480. The standard InChI is InChI=1S/C10H11N/c1-7-5-10(3-4-10)8(2)9(7)6-11/h9H,1-5H2/t9-/m0/s1. The third kappa shape index (κ3) is 0.699. The highest BCUT2D eigenvalue weighted by atomic mass is 14.6. The van der Waals surface area contributed by atoms with Crippen LogP contribution >= 0.6 is 0 Å². The van der Waals surface area contributed by atoms with Crippen LogP contribution in [0.25, 0.3) is 0 Å². The summed E-state index contributed by atoms with van der Waals surface area (Å²) in [4.78, 5) is 0. The first kappa shape index (κ1) is 6.67. The van der Waals surface area contributed by atoms with E-state index in [0.717, 1.165) is 17.6 Å². The summed E-state index contributed by atoms with van der Waals surface area (Å²) < 4.78 is 0. The van der Waals surface area contributed by atoms with Gasteiger partial charge in [0.15, 0.2) is 0 Å². The normalized spacial score (nSPS) is 32.5. The number of allylic oxidation sites excluding steroid dienone is 2. The van der Waals surface area contributed by atoms with Gasteiger partial charge in [-0.25, -0.2) is 0 Å². The highest BCUT2D eigenvalue weighted by molar-refractivity contribution is 5.41. The third-order valence-electron chi connectivity index (χ3n) is 2.99. The Morgan fingerprint density at radius 2 is 2.09 bits per heavy atom. The van der Waals surface area contributed by atoms with E-state index in [-0.39, 0.29) is 5.92 Å². The maximum absolute atomic E-state index is 8.80. The van der Waals surface area contributed by atoms with Gasteiger partial charge in [-0.2, -0.15) is 5.26 Å². The molecule has 0 saturated heterocycles. The van der Waals surface area contributed by atoms with Crippen LogP contribution in [0.1, 0.15) is 19.3 Å². The molecule has 11 heavy (non-hydrogen) atoms. The Balaban J connectivity index is 2.34. The molecule has 1 heteroatoms. The fourth-order valence-corrected chi connectivity index (χ4v) is 2.02. The zero-order valence-electron chi connectivity index (χ0n) is 6.56. The van der Waals surface area contributed by atoms with E-state index in [1.165, 1.54) is 12.8 Å². The maximum Gasteiger partial charge on any atom is 0.0883 e. The fourth-order valence-electron chi connectivity index (χ4n) is 2.02. The molecule has 0 aromatic rings. The van der Waals surface area contributed by atoms with E-state index in [1.54, 1.807) is 0 Å². The van der Waals surface area contributed by atoms with Crippen LogP contribution in [0.4, 0.5) is 0 Å². The summed E-state index contributed by atoms with van der Waals surface area (Å²) in [6.07, 6.45) is 3.47. The van der Waals surface area contributed by atoms with Crippen LogP contribution in [0.5, 0.6) is 0 Å². The van der Waals surface area contributed by atoms with E-state index in [4.69, 9.17) is 5.26 Å². The molecule has 0 amide bonds. The van der Waals surface area contributed by atoms with Crippen molar-refractivity contribution in [1.82, 2.24) is 0 Å². The van der Waals surface area contributed by atoms with Gasteiger partial charge >= 0.3 is 0 Å². The molecule has 0 unspecified atom stereocenters. The summed E-state index contributed by atoms with van der Waals surface area (Å²) in [6, 6.07) is 2.26. The molecule has 0 bridgehead atoms. The van der Waals surface area contributed by atoms with Gasteiger partial charge in [0.05, 0.1) is 12.0 Å². The van der Waals surface area contributed by atoms with Crippen LogP contribution in [0, 0.1) is 22.7 Å². The highest BCUT2D eigenvalue weighted by Gasteiger charge is 2.53. The second-order valence-electron chi connectivity index (χ2n) is 3.70. The molecule has 56 valence electrons. The molecule has 1 atom stereocenters. The molecule has 0 aromatic carbocycles. The highest BCUT2D eigenvalue weighted by Crippen LogP contribution is 2.63. The second-order valence-corrected chi connectivity index (χ2v) is 3.70. The molecule has 2 rings (SSSR count). The van der Waals surface area contributed by atoms with E-state index >= 15 is 0 Å². The Bertz CT molecular complexity index is 276. The van der Waals surface area contributed by atoms with Gasteiger partial charge in [0.2, 0.25) is 0 Å². The summed E-state index contributed by atoms with van der Waals surface area (Å²) in [5.74, 6) is -0.0440. The Morgan fingerprint density at radius 1 is 1.45 bits per heavy atom. The van der Waals surface area contributed by atoms with Gasteiger partial charge in [-0.1, -0.05) is 18.7 Å². The van der Waals surface area contributed by atoms with Crippen molar-refractivity contribution in [2.45, 2.75) is 19.3 Å². The number of hydrogen-bond acceptors (Lipinski definition) is 1. The molecular weight excluding hydrogens is 134 g/mol. The lowest BCUT2D eigenvalue weighted by molar-refractivity contribution is 0.657. The Hall–Kier alpha value is -1.03. The van der Waals surface area contributed by atoms with Gasteiger partial charge < -0.3 is 0 Å². The Labute approximate surface area is 67.0 Å². The van der Waals surface area contributed by atoms with Crippen LogP contribution in [0.15, 0.2) is 24.3 Å². The Morgan fingerprint density at radius 3 is 2.36 bits per heavy atom. The van der Waals surface area contributed by atoms with Gasteiger partial charge in [-0.15, -0.1) is 0 Å². The van der Waals surface area contributed by atoms with Crippen molar-refractivity contribution in [3.8, 4) is 6.07 Å². The number of nitriles is 1. The molecule has 0 N–H and O–H groups in total. The third-order valence-corrected chi connectivity index (χ3v) is 2.99. The van der Waals surface area contributed by atoms with Gasteiger partial charge in [-0.05, 0) is 30.3 Å². The first-order chi connectivity index (χ1) is 5.19. The largest absolute Gasteiger partial charge is 0.197 e. The maximum atomic E-state index is 8.80. The average molecular weight is 145 g/mol. The first-order valence-corrected chi connectivity index (χ1v) is 3.96. The number of hydrogen-bond donors (Lipinski definition) is 0. The lowest BCUT2D eigenvalue weighted by atomic mass is 9.97. The smallest absolute Gasteiger partial charge is 0.0883 e. The lowest BCUT2D eigenvalue weighted by Crippen LogP contribution is -1.98. The molecule has 0 radical (unpaired) electrons. The molecule has 2 aliphatic carbocycles. The summed E-state index contributed by atoms with van der Waals surface area (Å²) in [5, 5.41) is 8.80. The SMILES string of the molecule is C=C1CC2(CC2)C(=C)[C@H]1C#N. The van der Waals surface area contributed by atoms with Crippen molar-refractivity contribution < 1.29 is 0 Å². The van der Waals surface area contributed by atoms with Crippen molar-refractivity contribution in [1.29, 1.82) is 5.26 Å². The van der Waals surface area contributed by atoms with Crippen LogP contribution in [0.2, 0.25) is 0 Å². The van der Waals surface area contributed by atoms with Crippen LogP contribution in [0.3, 0.4) is 0 Å². The molecule has 2 saturated carbocycles. The van der Waals surface area contributed by atoms with E-state index in [9.17, 15) is 0 Å². The number of rotatable bonds is 0. The van der Waals surface area contributed by atoms with Gasteiger partial charge in [0.1, 0.15) is 0 Å². The predicted octanol–water partition coefficient (Wildman–Crippen LogP) is 2.42. The van der Waals surface area contributed by atoms with Crippen molar-refractivity contribution in [2.75, 3.05) is 0 Å². The van der Waals surface area contributed by atoms with Gasteiger partial charge in [0.25, 0.3) is 0 Å². The average Bonchev–Trinajstić information content (AvgIpc) is 2.65. The molecule has 1 nitrogen and oxygen atoms in total. The first-order valence-electron chi connectivity index (χ1n) is 3.96. The molecule has 2 fully saturated rings. The number of nitrogens with zero attached hydrogens (tertiary/aromatic N) is 1. The van der Waals surface area contributed by atoms with Crippen molar-refractivity contribution in [2.24, 2.45) is 11.3 Å². The van der Waals surface area contributed by atoms with Crippen molar-refractivity contribution in [3.05, 3.63) is 24.3 Å². The minimum absolute atomic E-state index is 0.0440. The minimum Gasteiger partial charge on any atom is -0.197 e. The molecule has 0 aromatic heterocycles. The van der Waals surface area contributed by atoms with E-state index in [2.05, 4.69) is 19.2 Å². The fraction of sp³-hybridized carbons (Fsp3) is 0.500. The zero-order valence-corrected chi connectivity index (χ0v) is 6.56. The van der Waals surface area contributed by atoms with Crippen molar-refractivity contribution in [3.63, 3.8) is 0 Å². The summed E-state index contributed by atoms with van der Waals surface area (Å²) in [7, 11) is 0.